The van der Waals surface area contributed by atoms with Gasteiger partial charge >= 0.3 is 0 Å². The number of benzene rings is 1. The third-order valence-corrected chi connectivity index (χ3v) is 3.75. The number of halogens is 1. The molecule has 1 fully saturated rings. The molecule has 1 N–H and O–H groups in total. The quantitative estimate of drug-likeness (QED) is 0.832. The zero-order valence-electron chi connectivity index (χ0n) is 11.9. The van der Waals surface area contributed by atoms with Gasteiger partial charge in [0.25, 0.3) is 0 Å². The average Bonchev–Trinajstić information content (AvgIpc) is 2.91. The molecule has 1 saturated carbocycles. The van der Waals surface area contributed by atoms with Gasteiger partial charge in [-0.1, -0.05) is 19.1 Å². The van der Waals surface area contributed by atoms with Crippen molar-refractivity contribution in [2.24, 2.45) is 0 Å². The van der Waals surface area contributed by atoms with E-state index < -0.39 is 0 Å². The molecule has 0 aliphatic heterocycles. The third-order valence-electron chi connectivity index (χ3n) is 3.75. The van der Waals surface area contributed by atoms with E-state index in [0.29, 0.717) is 5.75 Å². The molecule has 0 bridgehead atoms. The molecule has 1 atom stereocenters. The summed E-state index contributed by atoms with van der Waals surface area (Å²) in [5.41, 5.74) is 0.931. The fourth-order valence-electron chi connectivity index (χ4n) is 2.63. The fraction of sp³-hybridized carbons (Fsp3) is 0.625. The van der Waals surface area contributed by atoms with Crippen LogP contribution in [0.3, 0.4) is 0 Å². The Morgan fingerprint density at radius 2 is 2.11 bits per heavy atom. The summed E-state index contributed by atoms with van der Waals surface area (Å²) in [6.45, 7) is 5.12. The molecule has 0 aromatic heterocycles. The first-order chi connectivity index (χ1) is 9.22. The normalized spacial score (nSPS) is 17.6. The zero-order chi connectivity index (χ0) is 13.7. The van der Waals surface area contributed by atoms with E-state index in [2.05, 4.69) is 19.2 Å². The number of para-hydroxylation sites is 1. The predicted octanol–water partition coefficient (Wildman–Crippen LogP) is 4.21. The standard InChI is InChI=1S/C16H24FNO/c1-3-11-18-12(2)14-9-6-10-15(17)16(14)19-13-7-4-5-8-13/h6,9-10,12-13,18H,3-5,7-8,11H2,1-2H3. The molecule has 0 radical (unpaired) electrons. The van der Waals surface area contributed by atoms with Gasteiger partial charge < -0.3 is 10.1 Å². The Kier molecular flexibility index (Phi) is 5.20. The van der Waals surface area contributed by atoms with Gasteiger partial charge in [0.05, 0.1) is 6.10 Å². The smallest absolute Gasteiger partial charge is 0.165 e. The summed E-state index contributed by atoms with van der Waals surface area (Å²) in [7, 11) is 0. The summed E-state index contributed by atoms with van der Waals surface area (Å²) in [5.74, 6) is 0.208. The first-order valence-corrected chi connectivity index (χ1v) is 7.40. The molecule has 19 heavy (non-hydrogen) atoms. The number of nitrogens with one attached hydrogen (secondary N) is 1. The van der Waals surface area contributed by atoms with E-state index in [9.17, 15) is 4.39 Å². The Bertz CT molecular complexity index is 402. The van der Waals surface area contributed by atoms with E-state index in [0.717, 1.165) is 31.4 Å². The first kappa shape index (κ1) is 14.3. The van der Waals surface area contributed by atoms with Crippen LogP contribution in [0.4, 0.5) is 4.39 Å². The Hall–Kier alpha value is -1.09. The van der Waals surface area contributed by atoms with Crippen LogP contribution in [0.25, 0.3) is 0 Å². The highest BCUT2D eigenvalue weighted by Crippen LogP contribution is 2.32. The molecule has 3 heteroatoms. The Labute approximate surface area is 115 Å². The minimum Gasteiger partial charge on any atom is -0.487 e. The van der Waals surface area contributed by atoms with Gasteiger partial charge in [-0.15, -0.1) is 0 Å². The highest BCUT2D eigenvalue weighted by Gasteiger charge is 2.21. The second-order valence-electron chi connectivity index (χ2n) is 5.36. The van der Waals surface area contributed by atoms with Gasteiger partial charge in [-0.2, -0.15) is 0 Å². The van der Waals surface area contributed by atoms with Crippen LogP contribution >= 0.6 is 0 Å². The van der Waals surface area contributed by atoms with Crippen LogP contribution in [-0.2, 0) is 0 Å². The van der Waals surface area contributed by atoms with Crippen molar-refractivity contribution in [1.29, 1.82) is 0 Å². The molecule has 0 spiro atoms. The van der Waals surface area contributed by atoms with Crippen molar-refractivity contribution < 1.29 is 9.13 Å². The van der Waals surface area contributed by atoms with Crippen LogP contribution in [0.5, 0.6) is 5.75 Å². The van der Waals surface area contributed by atoms with Crippen LogP contribution in [0.15, 0.2) is 18.2 Å². The van der Waals surface area contributed by atoms with Gasteiger partial charge in [-0.25, -0.2) is 4.39 Å². The van der Waals surface area contributed by atoms with Gasteiger partial charge in [0.1, 0.15) is 0 Å². The molecule has 1 aliphatic rings. The summed E-state index contributed by atoms with van der Waals surface area (Å²) in [4.78, 5) is 0. The summed E-state index contributed by atoms with van der Waals surface area (Å²) in [6, 6.07) is 5.32. The molecule has 2 nitrogen and oxygen atoms in total. The van der Waals surface area contributed by atoms with Gasteiger partial charge in [0.2, 0.25) is 0 Å². The first-order valence-electron chi connectivity index (χ1n) is 7.40. The molecule has 0 saturated heterocycles. The summed E-state index contributed by atoms with van der Waals surface area (Å²) in [6.07, 6.45) is 5.73. The van der Waals surface area contributed by atoms with Crippen LogP contribution < -0.4 is 10.1 Å². The van der Waals surface area contributed by atoms with Crippen molar-refractivity contribution in [3.63, 3.8) is 0 Å². The fourth-order valence-corrected chi connectivity index (χ4v) is 2.63. The largest absolute Gasteiger partial charge is 0.487 e. The lowest BCUT2D eigenvalue weighted by Crippen LogP contribution is -2.21. The van der Waals surface area contributed by atoms with E-state index in [-0.39, 0.29) is 18.0 Å². The van der Waals surface area contributed by atoms with Crippen LogP contribution in [0.2, 0.25) is 0 Å². The lowest BCUT2D eigenvalue weighted by Gasteiger charge is -2.21. The van der Waals surface area contributed by atoms with Crippen LogP contribution in [0, 0.1) is 5.82 Å². The summed E-state index contributed by atoms with van der Waals surface area (Å²) >= 11 is 0. The van der Waals surface area contributed by atoms with E-state index in [4.69, 9.17) is 4.74 Å². The van der Waals surface area contributed by atoms with Crippen molar-refractivity contribution in [1.82, 2.24) is 5.32 Å². The molecule has 1 aromatic carbocycles. The predicted molar refractivity (Wildman–Crippen MR) is 76.0 cm³/mol. The molecule has 1 unspecified atom stereocenters. The SMILES string of the molecule is CCCNC(C)c1cccc(F)c1OC1CCCC1. The highest BCUT2D eigenvalue weighted by atomic mass is 19.1. The molecule has 0 amide bonds. The maximum absolute atomic E-state index is 14.0. The van der Waals surface area contributed by atoms with Gasteiger partial charge in [0.15, 0.2) is 11.6 Å². The average molecular weight is 265 g/mol. The van der Waals surface area contributed by atoms with Crippen molar-refractivity contribution in [2.45, 2.75) is 58.1 Å². The topological polar surface area (TPSA) is 21.3 Å². The minimum atomic E-state index is -0.241. The highest BCUT2D eigenvalue weighted by molar-refractivity contribution is 5.37. The molecule has 0 heterocycles. The molecular formula is C16H24FNO. The zero-order valence-corrected chi connectivity index (χ0v) is 11.9. The molecule has 1 aliphatic carbocycles. The van der Waals surface area contributed by atoms with Crippen molar-refractivity contribution >= 4 is 0 Å². The van der Waals surface area contributed by atoms with Crippen LogP contribution in [0.1, 0.15) is 57.6 Å². The second-order valence-corrected chi connectivity index (χ2v) is 5.36. The maximum atomic E-state index is 14.0. The minimum absolute atomic E-state index is 0.118. The second kappa shape index (κ2) is 6.90. The monoisotopic (exact) mass is 265 g/mol. The number of hydrogen-bond donors (Lipinski definition) is 1. The van der Waals surface area contributed by atoms with Crippen molar-refractivity contribution in [3.05, 3.63) is 29.6 Å². The molecule has 2 rings (SSSR count). The molecule has 1 aromatic rings. The van der Waals surface area contributed by atoms with E-state index in [1.54, 1.807) is 6.07 Å². The Balaban J connectivity index is 2.14. The Morgan fingerprint density at radius 1 is 1.37 bits per heavy atom. The lowest BCUT2D eigenvalue weighted by molar-refractivity contribution is 0.197. The van der Waals surface area contributed by atoms with E-state index >= 15 is 0 Å². The lowest BCUT2D eigenvalue weighted by atomic mass is 10.1. The van der Waals surface area contributed by atoms with Crippen molar-refractivity contribution in [2.75, 3.05) is 6.54 Å². The number of rotatable bonds is 6. The van der Waals surface area contributed by atoms with Gasteiger partial charge in [0, 0.05) is 11.6 Å². The van der Waals surface area contributed by atoms with Gasteiger partial charge in [-0.3, -0.25) is 0 Å². The number of ether oxygens (including phenoxy) is 1. The summed E-state index contributed by atoms with van der Waals surface area (Å²) in [5, 5.41) is 3.39. The number of hydrogen-bond acceptors (Lipinski definition) is 2. The summed E-state index contributed by atoms with van der Waals surface area (Å²) < 4.78 is 20.0. The van der Waals surface area contributed by atoms with Crippen molar-refractivity contribution in [3.8, 4) is 5.75 Å². The molecule has 106 valence electrons. The third kappa shape index (κ3) is 3.69. The Morgan fingerprint density at radius 3 is 2.79 bits per heavy atom. The van der Waals surface area contributed by atoms with E-state index in [1.165, 1.54) is 18.9 Å². The van der Waals surface area contributed by atoms with E-state index in [1.807, 2.05) is 6.07 Å². The van der Waals surface area contributed by atoms with Crippen LogP contribution in [-0.4, -0.2) is 12.6 Å². The molecular weight excluding hydrogens is 241 g/mol. The van der Waals surface area contributed by atoms with Gasteiger partial charge in [-0.05, 0) is 51.6 Å². The maximum Gasteiger partial charge on any atom is 0.165 e.